The molecule has 1 aromatic carbocycles. The van der Waals surface area contributed by atoms with Crippen molar-refractivity contribution in [1.29, 1.82) is 0 Å². The molecule has 1 N–H and O–H groups in total. The number of aromatic nitrogens is 2. The van der Waals surface area contributed by atoms with Crippen LogP contribution in [0.25, 0.3) is 0 Å². The summed E-state index contributed by atoms with van der Waals surface area (Å²) in [4.78, 5) is 14.0. The molecule has 2 aromatic rings. The Bertz CT molecular complexity index is 560. The van der Waals surface area contributed by atoms with E-state index in [1.165, 1.54) is 0 Å². The van der Waals surface area contributed by atoms with E-state index in [4.69, 9.17) is 0 Å². The summed E-state index contributed by atoms with van der Waals surface area (Å²) < 4.78 is 1.64. The molecule has 0 aliphatic heterocycles. The lowest BCUT2D eigenvalue weighted by Crippen LogP contribution is -2.14. The van der Waals surface area contributed by atoms with Crippen LogP contribution in [0.15, 0.2) is 36.5 Å². The van der Waals surface area contributed by atoms with Crippen molar-refractivity contribution in [3.8, 4) is 0 Å². The lowest BCUT2D eigenvalue weighted by Gasteiger charge is -2.13. The van der Waals surface area contributed by atoms with Crippen LogP contribution in [0.2, 0.25) is 0 Å². The Morgan fingerprint density at radius 3 is 2.72 bits per heavy atom. The summed E-state index contributed by atoms with van der Waals surface area (Å²) >= 11 is 0. The summed E-state index contributed by atoms with van der Waals surface area (Å²) in [5, 5.41) is 6.86. The van der Waals surface area contributed by atoms with Gasteiger partial charge in [0.05, 0.1) is 0 Å². The van der Waals surface area contributed by atoms with Gasteiger partial charge >= 0.3 is 0 Å². The molecule has 0 bridgehead atoms. The number of nitrogens with zero attached hydrogens (tertiary/aromatic N) is 3. The largest absolute Gasteiger partial charge is 0.378 e. The molecule has 1 amide bonds. The van der Waals surface area contributed by atoms with Gasteiger partial charge in [0, 0.05) is 44.7 Å². The van der Waals surface area contributed by atoms with Crippen LogP contribution in [-0.4, -0.2) is 29.8 Å². The van der Waals surface area contributed by atoms with Crippen LogP contribution in [-0.2, 0) is 7.05 Å². The summed E-state index contributed by atoms with van der Waals surface area (Å²) in [7, 11) is 5.69. The minimum absolute atomic E-state index is 0.155. The number of benzene rings is 1. The normalized spacial score (nSPS) is 10.2. The van der Waals surface area contributed by atoms with Crippen molar-refractivity contribution in [3.05, 3.63) is 42.1 Å². The van der Waals surface area contributed by atoms with Crippen molar-refractivity contribution in [2.24, 2.45) is 7.05 Å². The molecule has 0 fully saturated rings. The van der Waals surface area contributed by atoms with Gasteiger partial charge in [0.25, 0.3) is 5.91 Å². The van der Waals surface area contributed by atoms with Crippen molar-refractivity contribution < 1.29 is 4.79 Å². The van der Waals surface area contributed by atoms with Crippen LogP contribution in [0.1, 0.15) is 10.4 Å². The van der Waals surface area contributed by atoms with Crippen LogP contribution in [0.3, 0.4) is 0 Å². The minimum atomic E-state index is -0.155. The van der Waals surface area contributed by atoms with Gasteiger partial charge in [0.2, 0.25) is 0 Å². The van der Waals surface area contributed by atoms with Gasteiger partial charge in [-0.3, -0.25) is 9.48 Å². The molecule has 0 saturated carbocycles. The molecule has 0 aliphatic carbocycles. The van der Waals surface area contributed by atoms with Crippen LogP contribution in [0.5, 0.6) is 0 Å². The topological polar surface area (TPSA) is 50.2 Å². The fourth-order valence-corrected chi connectivity index (χ4v) is 1.60. The van der Waals surface area contributed by atoms with E-state index >= 15 is 0 Å². The third kappa shape index (κ3) is 2.68. The second-order valence-electron chi connectivity index (χ2n) is 4.27. The third-order valence-electron chi connectivity index (χ3n) is 2.58. The van der Waals surface area contributed by atoms with Crippen LogP contribution >= 0.6 is 0 Å². The van der Waals surface area contributed by atoms with Gasteiger partial charge in [-0.05, 0) is 18.2 Å². The lowest BCUT2D eigenvalue weighted by molar-refractivity contribution is 0.102. The monoisotopic (exact) mass is 244 g/mol. The Labute approximate surface area is 106 Å². The number of amides is 1. The number of rotatable bonds is 3. The molecule has 2 rings (SSSR count). The van der Waals surface area contributed by atoms with E-state index in [-0.39, 0.29) is 5.91 Å². The molecule has 0 atom stereocenters. The highest BCUT2D eigenvalue weighted by molar-refractivity contribution is 6.04. The molecule has 0 aliphatic rings. The second kappa shape index (κ2) is 4.91. The molecule has 1 aromatic heterocycles. The number of carbonyl (C=O) groups is 1. The fraction of sp³-hybridized carbons (Fsp3) is 0.231. The first kappa shape index (κ1) is 12.2. The number of anilines is 2. The first-order chi connectivity index (χ1) is 8.56. The highest BCUT2D eigenvalue weighted by Crippen LogP contribution is 2.14. The van der Waals surface area contributed by atoms with E-state index in [1.807, 2.05) is 44.2 Å². The van der Waals surface area contributed by atoms with Crippen LogP contribution in [0, 0.1) is 0 Å². The highest BCUT2D eigenvalue weighted by Gasteiger charge is 2.08. The summed E-state index contributed by atoms with van der Waals surface area (Å²) in [6.07, 6.45) is 1.78. The highest BCUT2D eigenvalue weighted by atomic mass is 16.1. The Balaban J connectivity index is 2.16. The van der Waals surface area contributed by atoms with Gasteiger partial charge in [-0.25, -0.2) is 0 Å². The molecular formula is C13H16N4O. The minimum Gasteiger partial charge on any atom is -0.378 e. The Hall–Kier alpha value is -2.30. The van der Waals surface area contributed by atoms with Gasteiger partial charge < -0.3 is 10.2 Å². The predicted molar refractivity (Wildman–Crippen MR) is 71.9 cm³/mol. The maximum atomic E-state index is 12.0. The second-order valence-corrected chi connectivity index (χ2v) is 4.27. The van der Waals surface area contributed by atoms with E-state index in [0.29, 0.717) is 11.4 Å². The SMILES string of the molecule is CN(C)c1cccc(C(=O)Nc2ccn(C)n2)c1. The van der Waals surface area contributed by atoms with Crippen LogP contribution in [0.4, 0.5) is 11.5 Å². The van der Waals surface area contributed by atoms with E-state index in [2.05, 4.69) is 10.4 Å². The van der Waals surface area contributed by atoms with Crippen LogP contribution < -0.4 is 10.2 Å². The summed E-state index contributed by atoms with van der Waals surface area (Å²) in [5.74, 6) is 0.398. The molecule has 94 valence electrons. The van der Waals surface area contributed by atoms with Gasteiger partial charge in [-0.2, -0.15) is 5.10 Å². The quantitative estimate of drug-likeness (QED) is 0.894. The zero-order valence-electron chi connectivity index (χ0n) is 10.7. The molecule has 0 radical (unpaired) electrons. The number of nitrogens with one attached hydrogen (secondary N) is 1. The van der Waals surface area contributed by atoms with E-state index in [0.717, 1.165) is 5.69 Å². The Kier molecular flexibility index (Phi) is 3.32. The zero-order chi connectivity index (χ0) is 13.1. The summed E-state index contributed by atoms with van der Waals surface area (Å²) in [5.41, 5.74) is 1.61. The zero-order valence-corrected chi connectivity index (χ0v) is 10.7. The molecule has 0 unspecified atom stereocenters. The molecular weight excluding hydrogens is 228 g/mol. The first-order valence-electron chi connectivity index (χ1n) is 5.64. The van der Waals surface area contributed by atoms with Crippen molar-refractivity contribution in [2.45, 2.75) is 0 Å². The van der Waals surface area contributed by atoms with E-state index in [1.54, 1.807) is 23.0 Å². The Morgan fingerprint density at radius 1 is 1.33 bits per heavy atom. The summed E-state index contributed by atoms with van der Waals surface area (Å²) in [6, 6.07) is 9.21. The number of aryl methyl sites for hydroxylation is 1. The first-order valence-corrected chi connectivity index (χ1v) is 5.64. The van der Waals surface area contributed by atoms with Gasteiger partial charge in [-0.15, -0.1) is 0 Å². The fourth-order valence-electron chi connectivity index (χ4n) is 1.60. The smallest absolute Gasteiger partial charge is 0.256 e. The van der Waals surface area contributed by atoms with E-state index < -0.39 is 0 Å². The van der Waals surface area contributed by atoms with Crippen molar-refractivity contribution in [1.82, 2.24) is 9.78 Å². The lowest BCUT2D eigenvalue weighted by atomic mass is 10.2. The standard InChI is InChI=1S/C13H16N4O/c1-16(2)11-6-4-5-10(9-11)13(18)14-12-7-8-17(3)15-12/h4-9H,1-3H3,(H,14,15,18). The molecule has 5 heteroatoms. The van der Waals surface area contributed by atoms with Gasteiger partial charge in [0.15, 0.2) is 5.82 Å². The number of hydrogen-bond acceptors (Lipinski definition) is 3. The predicted octanol–water partition coefficient (Wildman–Crippen LogP) is 1.74. The van der Waals surface area contributed by atoms with Gasteiger partial charge in [0.1, 0.15) is 0 Å². The van der Waals surface area contributed by atoms with Crippen molar-refractivity contribution >= 4 is 17.4 Å². The molecule has 0 saturated heterocycles. The average Bonchev–Trinajstić information content (AvgIpc) is 2.75. The van der Waals surface area contributed by atoms with E-state index in [9.17, 15) is 4.79 Å². The van der Waals surface area contributed by atoms with Gasteiger partial charge in [-0.1, -0.05) is 6.07 Å². The summed E-state index contributed by atoms with van der Waals surface area (Å²) in [6.45, 7) is 0. The molecule has 18 heavy (non-hydrogen) atoms. The number of carbonyl (C=O) groups excluding carboxylic acids is 1. The molecule has 1 heterocycles. The Morgan fingerprint density at radius 2 is 2.11 bits per heavy atom. The van der Waals surface area contributed by atoms with Crippen molar-refractivity contribution in [2.75, 3.05) is 24.3 Å². The molecule has 5 nitrogen and oxygen atoms in total. The average molecular weight is 244 g/mol. The number of hydrogen-bond donors (Lipinski definition) is 1. The maximum absolute atomic E-state index is 12.0. The maximum Gasteiger partial charge on any atom is 0.256 e. The molecule has 0 spiro atoms. The third-order valence-corrected chi connectivity index (χ3v) is 2.58. The van der Waals surface area contributed by atoms with Crippen molar-refractivity contribution in [3.63, 3.8) is 0 Å².